The van der Waals surface area contributed by atoms with Crippen molar-refractivity contribution in [2.24, 2.45) is 0 Å². The highest BCUT2D eigenvalue weighted by Crippen LogP contribution is 2.22. The van der Waals surface area contributed by atoms with Crippen LogP contribution in [-0.2, 0) is 4.79 Å². The van der Waals surface area contributed by atoms with E-state index in [4.69, 9.17) is 9.47 Å². The fraction of sp³-hybridized carbons (Fsp3) is 0.222. The zero-order valence-electron chi connectivity index (χ0n) is 14.1. The predicted octanol–water partition coefficient (Wildman–Crippen LogP) is 2.65. The summed E-state index contributed by atoms with van der Waals surface area (Å²) in [5.74, 6) is 0.914. The van der Waals surface area contributed by atoms with Crippen LogP contribution in [0.5, 0.6) is 11.5 Å². The maximum atomic E-state index is 12.1. The molecule has 0 fully saturated rings. The molecule has 2 rings (SSSR count). The lowest BCUT2D eigenvalue weighted by Gasteiger charge is -2.10. The van der Waals surface area contributed by atoms with Gasteiger partial charge in [0.2, 0.25) is 5.91 Å². The lowest BCUT2D eigenvalue weighted by atomic mass is 10.2. The third kappa shape index (κ3) is 6.04. The van der Waals surface area contributed by atoms with E-state index in [1.165, 1.54) is 14.2 Å². The molecule has 0 spiro atoms. The van der Waals surface area contributed by atoms with E-state index < -0.39 is 5.91 Å². The zero-order chi connectivity index (χ0) is 18.1. The Kier molecular flexibility index (Phi) is 7.16. The summed E-state index contributed by atoms with van der Waals surface area (Å²) in [4.78, 5) is 25.1. The van der Waals surface area contributed by atoms with Crippen molar-refractivity contribution >= 4 is 23.6 Å². The molecule has 25 heavy (non-hydrogen) atoms. The van der Waals surface area contributed by atoms with Crippen molar-refractivity contribution in [2.45, 2.75) is 11.3 Å². The highest BCUT2D eigenvalue weighted by Gasteiger charge is 2.11. The molecule has 6 nitrogen and oxygen atoms in total. The predicted molar refractivity (Wildman–Crippen MR) is 96.9 cm³/mol. The summed E-state index contributed by atoms with van der Waals surface area (Å²) in [5.41, 5.74) is 5.13. The Balaban J connectivity index is 1.80. The van der Waals surface area contributed by atoms with Gasteiger partial charge in [0.15, 0.2) is 0 Å². The van der Waals surface area contributed by atoms with Crippen LogP contribution >= 0.6 is 11.8 Å². The summed E-state index contributed by atoms with van der Waals surface area (Å²) in [6, 6.07) is 14.6. The third-order valence-corrected chi connectivity index (χ3v) is 4.28. The van der Waals surface area contributed by atoms with Crippen LogP contribution in [0.4, 0.5) is 0 Å². The number of thioether (sulfide) groups is 1. The number of hydrazine groups is 1. The summed E-state index contributed by atoms with van der Waals surface area (Å²) in [7, 11) is 3.01. The third-order valence-electron chi connectivity index (χ3n) is 3.27. The van der Waals surface area contributed by atoms with Gasteiger partial charge in [0.1, 0.15) is 11.5 Å². The van der Waals surface area contributed by atoms with E-state index in [2.05, 4.69) is 10.9 Å². The summed E-state index contributed by atoms with van der Waals surface area (Å²) >= 11 is 1.58. The average molecular weight is 360 g/mol. The standard InChI is InChI=1S/C18H20N2O4S/c1-23-14-10-13(11-15(12-14)24-2)18(22)20-19-17(21)8-9-25-16-6-4-3-5-7-16/h3-7,10-12H,8-9H2,1-2H3,(H,19,21)(H,20,22). The highest BCUT2D eigenvalue weighted by molar-refractivity contribution is 7.99. The van der Waals surface area contributed by atoms with Gasteiger partial charge >= 0.3 is 0 Å². The molecule has 2 N–H and O–H groups in total. The molecule has 132 valence electrons. The Morgan fingerprint density at radius 1 is 0.960 bits per heavy atom. The lowest BCUT2D eigenvalue weighted by molar-refractivity contribution is -0.121. The van der Waals surface area contributed by atoms with Gasteiger partial charge in [-0.05, 0) is 24.3 Å². The molecule has 0 aliphatic carbocycles. The molecule has 2 aromatic carbocycles. The van der Waals surface area contributed by atoms with Gasteiger partial charge in [-0.1, -0.05) is 18.2 Å². The molecule has 2 aromatic rings. The molecule has 0 saturated carbocycles. The van der Waals surface area contributed by atoms with E-state index in [9.17, 15) is 9.59 Å². The summed E-state index contributed by atoms with van der Waals surface area (Å²) in [6.45, 7) is 0. The van der Waals surface area contributed by atoms with Crippen LogP contribution in [0.1, 0.15) is 16.8 Å². The summed E-state index contributed by atoms with van der Waals surface area (Å²) in [6.07, 6.45) is 0.293. The molecule has 0 aliphatic heterocycles. The van der Waals surface area contributed by atoms with Gasteiger partial charge < -0.3 is 9.47 Å². The Bertz CT molecular complexity index is 700. The largest absolute Gasteiger partial charge is 0.497 e. The normalized spacial score (nSPS) is 10.0. The Labute approximate surface area is 150 Å². The first-order valence-corrected chi connectivity index (χ1v) is 8.61. The van der Waals surface area contributed by atoms with Crippen LogP contribution in [0.3, 0.4) is 0 Å². The Hall–Kier alpha value is -2.67. The maximum absolute atomic E-state index is 12.1. The van der Waals surface area contributed by atoms with E-state index >= 15 is 0 Å². The van der Waals surface area contributed by atoms with E-state index in [0.717, 1.165) is 4.90 Å². The molecular formula is C18H20N2O4S. The first kappa shape index (κ1) is 18.7. The average Bonchev–Trinajstić information content (AvgIpc) is 2.66. The quantitative estimate of drug-likeness (QED) is 0.586. The second-order valence-corrected chi connectivity index (χ2v) is 6.18. The van der Waals surface area contributed by atoms with Gasteiger partial charge in [-0.15, -0.1) is 11.8 Å². The van der Waals surface area contributed by atoms with Crippen molar-refractivity contribution < 1.29 is 19.1 Å². The maximum Gasteiger partial charge on any atom is 0.269 e. The van der Waals surface area contributed by atoms with Gasteiger partial charge in [-0.3, -0.25) is 20.4 Å². The number of hydrogen-bond donors (Lipinski definition) is 2. The summed E-state index contributed by atoms with van der Waals surface area (Å²) < 4.78 is 10.2. The number of nitrogens with one attached hydrogen (secondary N) is 2. The molecular weight excluding hydrogens is 340 g/mol. The molecule has 0 aromatic heterocycles. The molecule has 0 unspecified atom stereocenters. The zero-order valence-corrected chi connectivity index (χ0v) is 14.9. The van der Waals surface area contributed by atoms with Gasteiger partial charge in [-0.2, -0.15) is 0 Å². The Morgan fingerprint density at radius 2 is 1.60 bits per heavy atom. The molecule has 0 atom stereocenters. The number of hydrogen-bond acceptors (Lipinski definition) is 5. The van der Waals surface area contributed by atoms with Crippen molar-refractivity contribution in [3.63, 3.8) is 0 Å². The second-order valence-electron chi connectivity index (χ2n) is 5.02. The SMILES string of the molecule is COc1cc(OC)cc(C(=O)NNC(=O)CCSc2ccccc2)c1. The molecule has 7 heteroatoms. The minimum Gasteiger partial charge on any atom is -0.497 e. The molecule has 0 aliphatic rings. The highest BCUT2D eigenvalue weighted by atomic mass is 32.2. The molecule has 0 bridgehead atoms. The number of methoxy groups -OCH3 is 2. The van der Waals surface area contributed by atoms with Crippen molar-refractivity contribution in [1.29, 1.82) is 0 Å². The van der Waals surface area contributed by atoms with Crippen LogP contribution < -0.4 is 20.3 Å². The van der Waals surface area contributed by atoms with Crippen LogP contribution in [0, 0.1) is 0 Å². The minimum atomic E-state index is -0.443. The Morgan fingerprint density at radius 3 is 2.20 bits per heavy atom. The van der Waals surface area contributed by atoms with Crippen molar-refractivity contribution in [2.75, 3.05) is 20.0 Å². The number of carbonyl (C=O) groups excluding carboxylic acids is 2. The number of amides is 2. The monoisotopic (exact) mass is 360 g/mol. The second kappa shape index (κ2) is 9.58. The number of benzene rings is 2. The fourth-order valence-corrected chi connectivity index (χ4v) is 2.85. The van der Waals surface area contributed by atoms with Crippen molar-refractivity contribution in [3.05, 3.63) is 54.1 Å². The number of ether oxygens (including phenoxy) is 2. The number of rotatable bonds is 7. The van der Waals surface area contributed by atoms with Gasteiger partial charge in [-0.25, -0.2) is 0 Å². The smallest absolute Gasteiger partial charge is 0.269 e. The molecule has 0 heterocycles. The number of carbonyl (C=O) groups is 2. The van der Waals surface area contributed by atoms with Gasteiger partial charge in [0.25, 0.3) is 5.91 Å². The van der Waals surface area contributed by atoms with Gasteiger partial charge in [0.05, 0.1) is 14.2 Å². The molecule has 0 radical (unpaired) electrons. The minimum absolute atomic E-state index is 0.258. The van der Waals surface area contributed by atoms with E-state index in [1.807, 2.05) is 30.3 Å². The van der Waals surface area contributed by atoms with E-state index in [0.29, 0.717) is 29.2 Å². The fourth-order valence-electron chi connectivity index (χ4n) is 1.98. The first-order valence-electron chi connectivity index (χ1n) is 7.62. The summed E-state index contributed by atoms with van der Waals surface area (Å²) in [5, 5.41) is 0. The van der Waals surface area contributed by atoms with E-state index in [1.54, 1.807) is 30.0 Å². The van der Waals surface area contributed by atoms with Crippen LogP contribution in [-0.4, -0.2) is 31.8 Å². The van der Waals surface area contributed by atoms with Crippen LogP contribution in [0.15, 0.2) is 53.4 Å². The van der Waals surface area contributed by atoms with Crippen LogP contribution in [0.2, 0.25) is 0 Å². The van der Waals surface area contributed by atoms with E-state index in [-0.39, 0.29) is 5.91 Å². The topological polar surface area (TPSA) is 76.7 Å². The lowest BCUT2D eigenvalue weighted by Crippen LogP contribution is -2.41. The molecule has 2 amide bonds. The van der Waals surface area contributed by atoms with Crippen LogP contribution in [0.25, 0.3) is 0 Å². The molecule has 0 saturated heterocycles. The van der Waals surface area contributed by atoms with Gasteiger partial charge in [0, 0.05) is 28.7 Å². The van der Waals surface area contributed by atoms with Crippen molar-refractivity contribution in [3.8, 4) is 11.5 Å². The van der Waals surface area contributed by atoms with Crippen molar-refractivity contribution in [1.82, 2.24) is 10.9 Å². The first-order chi connectivity index (χ1) is 12.1.